The third-order valence-corrected chi connectivity index (χ3v) is 2.74. The van der Waals surface area contributed by atoms with Crippen molar-refractivity contribution in [2.45, 2.75) is 26.7 Å². The molecule has 2 rings (SSSR count). The number of rotatable bonds is 4. The molecule has 0 aliphatic carbocycles. The molecule has 0 aromatic carbocycles. The van der Waals surface area contributed by atoms with E-state index in [1.165, 1.54) is 0 Å². The van der Waals surface area contributed by atoms with Gasteiger partial charge in [-0.15, -0.1) is 0 Å². The molecule has 90 valence electrons. The standard InChI is InChI=1S/C13H17N3O/c1-3-4-8-15-16-12-11(6-5-7-14-12)9-10(2)13(16)17/h5-7,9,15H,3-4,8H2,1-2H3. The lowest BCUT2D eigenvalue weighted by molar-refractivity contribution is 0.744. The quantitative estimate of drug-likeness (QED) is 0.819. The topological polar surface area (TPSA) is 46.9 Å². The van der Waals surface area contributed by atoms with Crippen molar-refractivity contribution in [3.63, 3.8) is 0 Å². The zero-order chi connectivity index (χ0) is 12.3. The molecule has 1 N–H and O–H groups in total. The van der Waals surface area contributed by atoms with Gasteiger partial charge in [-0.2, -0.15) is 0 Å². The van der Waals surface area contributed by atoms with E-state index < -0.39 is 0 Å². The first-order chi connectivity index (χ1) is 8.24. The Balaban J connectivity index is 2.50. The third kappa shape index (κ3) is 2.30. The van der Waals surface area contributed by atoms with Gasteiger partial charge in [-0.1, -0.05) is 13.3 Å². The summed E-state index contributed by atoms with van der Waals surface area (Å²) in [6.45, 7) is 4.73. The van der Waals surface area contributed by atoms with Gasteiger partial charge in [0.15, 0.2) is 5.65 Å². The van der Waals surface area contributed by atoms with Gasteiger partial charge in [-0.25, -0.2) is 9.66 Å². The van der Waals surface area contributed by atoms with E-state index in [1.54, 1.807) is 10.9 Å². The van der Waals surface area contributed by atoms with Crippen LogP contribution in [0, 0.1) is 6.92 Å². The Kier molecular flexibility index (Phi) is 3.42. The second kappa shape index (κ2) is 4.99. The van der Waals surface area contributed by atoms with Crippen molar-refractivity contribution in [2.75, 3.05) is 12.0 Å². The maximum absolute atomic E-state index is 12.0. The van der Waals surface area contributed by atoms with Gasteiger partial charge in [0.1, 0.15) is 0 Å². The molecule has 2 aromatic heterocycles. The summed E-state index contributed by atoms with van der Waals surface area (Å²) >= 11 is 0. The molecule has 4 heteroatoms. The molecule has 0 fully saturated rings. The molecule has 0 saturated carbocycles. The maximum Gasteiger partial charge on any atom is 0.273 e. The van der Waals surface area contributed by atoms with Crippen LogP contribution in [-0.4, -0.2) is 16.2 Å². The van der Waals surface area contributed by atoms with Gasteiger partial charge in [0.05, 0.1) is 0 Å². The van der Waals surface area contributed by atoms with Crippen LogP contribution in [0.5, 0.6) is 0 Å². The molecule has 0 atom stereocenters. The lowest BCUT2D eigenvalue weighted by atomic mass is 10.2. The molecule has 0 aliphatic heterocycles. The van der Waals surface area contributed by atoms with Gasteiger partial charge in [-0.3, -0.25) is 4.79 Å². The smallest absolute Gasteiger partial charge is 0.273 e. The van der Waals surface area contributed by atoms with Crippen molar-refractivity contribution in [1.82, 2.24) is 9.66 Å². The van der Waals surface area contributed by atoms with Gasteiger partial charge in [0, 0.05) is 23.7 Å². The molecular formula is C13H17N3O. The largest absolute Gasteiger partial charge is 0.321 e. The zero-order valence-corrected chi connectivity index (χ0v) is 10.2. The van der Waals surface area contributed by atoms with Gasteiger partial charge >= 0.3 is 0 Å². The molecule has 0 spiro atoms. The van der Waals surface area contributed by atoms with E-state index in [4.69, 9.17) is 0 Å². The van der Waals surface area contributed by atoms with E-state index in [-0.39, 0.29) is 5.56 Å². The van der Waals surface area contributed by atoms with Gasteiger partial charge in [0.25, 0.3) is 5.56 Å². The van der Waals surface area contributed by atoms with Crippen molar-refractivity contribution in [2.24, 2.45) is 0 Å². The van der Waals surface area contributed by atoms with Crippen LogP contribution in [0.25, 0.3) is 11.0 Å². The van der Waals surface area contributed by atoms with Gasteiger partial charge in [-0.05, 0) is 31.5 Å². The molecule has 0 unspecified atom stereocenters. The van der Waals surface area contributed by atoms with E-state index in [0.29, 0.717) is 5.65 Å². The fraction of sp³-hybridized carbons (Fsp3) is 0.385. The second-order valence-corrected chi connectivity index (χ2v) is 4.15. The van der Waals surface area contributed by atoms with E-state index in [2.05, 4.69) is 17.3 Å². The number of pyridine rings is 2. The average Bonchev–Trinajstić information content (AvgIpc) is 2.34. The predicted octanol–water partition coefficient (Wildman–Crippen LogP) is 2.05. The Morgan fingerprint density at radius 3 is 3.06 bits per heavy atom. The summed E-state index contributed by atoms with van der Waals surface area (Å²) in [5.41, 5.74) is 4.54. The van der Waals surface area contributed by atoms with Crippen LogP contribution in [0.1, 0.15) is 25.3 Å². The summed E-state index contributed by atoms with van der Waals surface area (Å²) in [4.78, 5) is 16.3. The van der Waals surface area contributed by atoms with Crippen molar-refractivity contribution in [3.8, 4) is 0 Å². The molecule has 2 heterocycles. The maximum atomic E-state index is 12.0. The van der Waals surface area contributed by atoms with Crippen LogP contribution < -0.4 is 11.0 Å². The molecule has 0 saturated heterocycles. The highest BCUT2D eigenvalue weighted by atomic mass is 16.1. The van der Waals surface area contributed by atoms with Crippen LogP contribution >= 0.6 is 0 Å². The Hall–Kier alpha value is -1.84. The molecular weight excluding hydrogens is 214 g/mol. The number of unbranched alkanes of at least 4 members (excludes halogenated alkanes) is 1. The number of hydrogen-bond donors (Lipinski definition) is 1. The molecule has 0 bridgehead atoms. The van der Waals surface area contributed by atoms with Crippen molar-refractivity contribution >= 4 is 11.0 Å². The number of aryl methyl sites for hydroxylation is 1. The summed E-state index contributed by atoms with van der Waals surface area (Å²) < 4.78 is 1.56. The minimum Gasteiger partial charge on any atom is -0.321 e. The summed E-state index contributed by atoms with van der Waals surface area (Å²) in [6.07, 6.45) is 3.84. The summed E-state index contributed by atoms with van der Waals surface area (Å²) in [5, 5.41) is 0.980. The van der Waals surface area contributed by atoms with Crippen LogP contribution in [0.2, 0.25) is 0 Å². The Labute approximate surface area is 100 Å². The number of fused-ring (bicyclic) bond motifs is 1. The monoisotopic (exact) mass is 231 g/mol. The predicted molar refractivity (Wildman–Crippen MR) is 69.9 cm³/mol. The molecule has 4 nitrogen and oxygen atoms in total. The Bertz CT molecular complexity index is 574. The van der Waals surface area contributed by atoms with Crippen LogP contribution in [-0.2, 0) is 0 Å². The highest BCUT2D eigenvalue weighted by Gasteiger charge is 2.06. The van der Waals surface area contributed by atoms with Crippen LogP contribution in [0.4, 0.5) is 0 Å². The molecule has 0 aliphatic rings. The first-order valence-corrected chi connectivity index (χ1v) is 5.95. The van der Waals surface area contributed by atoms with Crippen LogP contribution in [0.15, 0.2) is 29.2 Å². The van der Waals surface area contributed by atoms with Crippen molar-refractivity contribution in [3.05, 3.63) is 40.3 Å². The fourth-order valence-electron chi connectivity index (χ4n) is 1.79. The lowest BCUT2D eigenvalue weighted by Crippen LogP contribution is -2.31. The zero-order valence-electron chi connectivity index (χ0n) is 10.2. The van der Waals surface area contributed by atoms with E-state index in [0.717, 1.165) is 30.3 Å². The molecule has 0 amide bonds. The number of nitrogens with one attached hydrogen (secondary N) is 1. The highest BCUT2D eigenvalue weighted by Crippen LogP contribution is 2.08. The van der Waals surface area contributed by atoms with E-state index >= 15 is 0 Å². The number of aromatic nitrogens is 2. The van der Waals surface area contributed by atoms with E-state index in [1.807, 2.05) is 25.1 Å². The van der Waals surface area contributed by atoms with Crippen molar-refractivity contribution in [1.29, 1.82) is 0 Å². The third-order valence-electron chi connectivity index (χ3n) is 2.74. The Morgan fingerprint density at radius 2 is 2.29 bits per heavy atom. The number of nitrogens with zero attached hydrogens (tertiary/aromatic N) is 2. The summed E-state index contributed by atoms with van der Waals surface area (Å²) in [7, 11) is 0. The summed E-state index contributed by atoms with van der Waals surface area (Å²) in [5.74, 6) is 0. The minimum atomic E-state index is -0.0210. The first kappa shape index (κ1) is 11.6. The second-order valence-electron chi connectivity index (χ2n) is 4.15. The minimum absolute atomic E-state index is 0.0210. The van der Waals surface area contributed by atoms with Gasteiger partial charge in [0.2, 0.25) is 0 Å². The Morgan fingerprint density at radius 1 is 1.47 bits per heavy atom. The average molecular weight is 231 g/mol. The SMILES string of the molecule is CCCCNn1c(=O)c(C)cc2cccnc21. The fourth-order valence-corrected chi connectivity index (χ4v) is 1.79. The normalized spacial score (nSPS) is 10.7. The molecule has 17 heavy (non-hydrogen) atoms. The lowest BCUT2D eigenvalue weighted by Gasteiger charge is -2.12. The highest BCUT2D eigenvalue weighted by molar-refractivity contribution is 5.75. The first-order valence-electron chi connectivity index (χ1n) is 5.95. The van der Waals surface area contributed by atoms with Crippen molar-refractivity contribution < 1.29 is 0 Å². The van der Waals surface area contributed by atoms with E-state index in [9.17, 15) is 4.79 Å². The molecule has 0 radical (unpaired) electrons. The number of hydrogen-bond acceptors (Lipinski definition) is 3. The van der Waals surface area contributed by atoms with Gasteiger partial charge < -0.3 is 5.43 Å². The molecule has 2 aromatic rings. The van der Waals surface area contributed by atoms with Crippen LogP contribution in [0.3, 0.4) is 0 Å². The summed E-state index contributed by atoms with van der Waals surface area (Å²) in [6, 6.07) is 5.72.